The number of amides is 1. The van der Waals surface area contributed by atoms with Gasteiger partial charge in [0.25, 0.3) is 0 Å². The van der Waals surface area contributed by atoms with E-state index in [0.29, 0.717) is 13.2 Å². The second kappa shape index (κ2) is 8.90. The van der Waals surface area contributed by atoms with Gasteiger partial charge in [-0.3, -0.25) is 4.79 Å². The van der Waals surface area contributed by atoms with Crippen molar-refractivity contribution in [3.05, 3.63) is 48.0 Å². The summed E-state index contributed by atoms with van der Waals surface area (Å²) in [6.45, 7) is 4.85. The predicted molar refractivity (Wildman–Crippen MR) is 140 cm³/mol. The zero-order valence-corrected chi connectivity index (χ0v) is 21.6. The molecule has 3 aliphatic rings. The molecule has 4 heterocycles. The third kappa shape index (κ3) is 3.99. The van der Waals surface area contributed by atoms with Crippen LogP contribution in [0.15, 0.2) is 47.4 Å². The molecule has 0 radical (unpaired) electrons. The van der Waals surface area contributed by atoms with Crippen LogP contribution in [-0.4, -0.2) is 80.5 Å². The van der Waals surface area contributed by atoms with Crippen molar-refractivity contribution in [2.24, 2.45) is 0 Å². The molecule has 2 unspecified atom stereocenters. The van der Waals surface area contributed by atoms with E-state index in [1.807, 2.05) is 6.07 Å². The van der Waals surface area contributed by atoms with Crippen LogP contribution in [0.3, 0.4) is 0 Å². The van der Waals surface area contributed by atoms with Crippen LogP contribution in [0, 0.1) is 6.92 Å². The monoisotopic (exact) mass is 508 g/mol. The van der Waals surface area contributed by atoms with E-state index in [9.17, 15) is 13.2 Å². The number of hydrogen-bond donors (Lipinski definition) is 1. The number of aromatic amines is 1. The first-order valence-electron chi connectivity index (χ1n) is 12.7. The third-order valence-electron chi connectivity index (χ3n) is 7.79. The number of hydrogen-bond acceptors (Lipinski definition) is 5. The third-order valence-corrected chi connectivity index (χ3v) is 9.59. The van der Waals surface area contributed by atoms with Crippen LogP contribution in [0.1, 0.15) is 24.8 Å². The van der Waals surface area contributed by atoms with Crippen molar-refractivity contribution in [3.63, 3.8) is 0 Å². The topological polar surface area (TPSA) is 85.9 Å². The zero-order valence-electron chi connectivity index (χ0n) is 20.7. The van der Waals surface area contributed by atoms with Gasteiger partial charge < -0.3 is 19.5 Å². The molecule has 3 aliphatic heterocycles. The molecule has 3 saturated heterocycles. The minimum absolute atomic E-state index is 0.0735. The SMILES string of the molecule is Cc1ccc2cc(-c3cc(S(=O)(=O)N(C)CC(=O)N4C5COCC4C5)ccc3N3CCCC3)[nH]c2c1. The normalized spacial score (nSPS) is 21.9. The molecule has 1 aromatic heterocycles. The first kappa shape index (κ1) is 23.5. The molecule has 6 rings (SSSR count). The first-order chi connectivity index (χ1) is 17.3. The summed E-state index contributed by atoms with van der Waals surface area (Å²) in [5.74, 6) is -0.162. The van der Waals surface area contributed by atoms with Crippen molar-refractivity contribution in [2.75, 3.05) is 44.8 Å². The van der Waals surface area contributed by atoms with Crippen LogP contribution in [0.2, 0.25) is 0 Å². The van der Waals surface area contributed by atoms with Gasteiger partial charge in [-0.25, -0.2) is 8.42 Å². The van der Waals surface area contributed by atoms with Crippen molar-refractivity contribution in [1.82, 2.24) is 14.2 Å². The van der Waals surface area contributed by atoms with E-state index in [-0.39, 0.29) is 29.4 Å². The van der Waals surface area contributed by atoms with Gasteiger partial charge in [0, 0.05) is 48.0 Å². The molecule has 1 amide bonds. The number of anilines is 1. The lowest BCUT2D eigenvalue weighted by atomic mass is 9.91. The maximum Gasteiger partial charge on any atom is 0.243 e. The summed E-state index contributed by atoms with van der Waals surface area (Å²) >= 11 is 0. The van der Waals surface area contributed by atoms with Crippen LogP contribution < -0.4 is 4.90 Å². The van der Waals surface area contributed by atoms with Crippen molar-refractivity contribution in [3.8, 4) is 11.3 Å². The molecule has 2 aromatic carbocycles. The highest BCUT2D eigenvalue weighted by Gasteiger charge is 2.45. The van der Waals surface area contributed by atoms with Gasteiger partial charge in [-0.1, -0.05) is 12.1 Å². The highest BCUT2D eigenvalue weighted by atomic mass is 32.2. The minimum atomic E-state index is -3.86. The molecular weight excluding hydrogens is 476 g/mol. The standard InChI is InChI=1S/C27H32N4O4S/c1-18-5-6-19-12-25(28-24(19)11-18)23-14-22(7-8-26(23)30-9-3-4-10-30)36(33,34)29(2)15-27(32)31-20-13-21(31)17-35-16-20/h5-8,11-12,14,20-21,28H,3-4,9-10,13,15-17H2,1-2H3. The summed E-state index contributed by atoms with van der Waals surface area (Å²) in [7, 11) is -2.38. The average Bonchev–Trinajstić information content (AvgIpc) is 3.54. The smallest absolute Gasteiger partial charge is 0.243 e. The number of aryl methyl sites for hydroxylation is 1. The lowest BCUT2D eigenvalue weighted by molar-refractivity contribution is -0.167. The molecule has 9 heteroatoms. The Bertz CT molecular complexity index is 1410. The van der Waals surface area contributed by atoms with Gasteiger partial charge in [0.15, 0.2) is 0 Å². The molecule has 1 N–H and O–H groups in total. The van der Waals surface area contributed by atoms with Gasteiger partial charge in [-0.15, -0.1) is 0 Å². The lowest BCUT2D eigenvalue weighted by Gasteiger charge is -2.52. The van der Waals surface area contributed by atoms with Crippen LogP contribution in [0.25, 0.3) is 22.2 Å². The van der Waals surface area contributed by atoms with Crippen molar-refractivity contribution in [2.45, 2.75) is 43.2 Å². The number of sulfonamides is 1. The minimum Gasteiger partial charge on any atom is -0.377 e. The highest BCUT2D eigenvalue weighted by Crippen LogP contribution is 2.37. The van der Waals surface area contributed by atoms with Gasteiger partial charge >= 0.3 is 0 Å². The lowest BCUT2D eigenvalue weighted by Crippen LogP contribution is -2.66. The van der Waals surface area contributed by atoms with E-state index in [0.717, 1.165) is 65.8 Å². The average molecular weight is 509 g/mol. The number of nitrogens with zero attached hydrogens (tertiary/aromatic N) is 3. The van der Waals surface area contributed by atoms with Crippen LogP contribution in [0.4, 0.5) is 5.69 Å². The maximum atomic E-state index is 13.6. The summed E-state index contributed by atoms with van der Waals surface area (Å²) < 4.78 is 33.8. The second-order valence-electron chi connectivity index (χ2n) is 10.3. The molecule has 2 atom stereocenters. The maximum absolute atomic E-state index is 13.6. The van der Waals surface area contributed by atoms with E-state index >= 15 is 0 Å². The zero-order chi connectivity index (χ0) is 25.0. The Morgan fingerprint density at radius 3 is 2.56 bits per heavy atom. The molecule has 0 spiro atoms. The first-order valence-corrected chi connectivity index (χ1v) is 14.1. The Morgan fingerprint density at radius 1 is 1.08 bits per heavy atom. The molecule has 3 aromatic rings. The van der Waals surface area contributed by atoms with Crippen molar-refractivity contribution >= 4 is 32.5 Å². The number of carbonyl (C=O) groups excluding carboxylic acids is 1. The fraction of sp³-hybridized carbons (Fsp3) is 0.444. The molecule has 36 heavy (non-hydrogen) atoms. The van der Waals surface area contributed by atoms with Gasteiger partial charge in [0.1, 0.15) is 0 Å². The number of H-pyrrole nitrogens is 1. The summed E-state index contributed by atoms with van der Waals surface area (Å²) in [6.07, 6.45) is 3.19. The number of likely N-dealkylation sites (N-methyl/N-ethyl adjacent to an activating group) is 1. The van der Waals surface area contributed by atoms with E-state index in [1.165, 1.54) is 11.4 Å². The Morgan fingerprint density at radius 2 is 1.83 bits per heavy atom. The molecule has 0 saturated carbocycles. The Kier molecular flexibility index (Phi) is 5.81. The molecular formula is C27H32N4O4S. The summed E-state index contributed by atoms with van der Waals surface area (Å²) in [5.41, 5.74) is 4.97. The molecule has 190 valence electrons. The number of morpholine rings is 1. The van der Waals surface area contributed by atoms with Gasteiger partial charge in [-0.05, 0) is 62.1 Å². The largest absolute Gasteiger partial charge is 0.377 e. The Labute approximate surface area is 211 Å². The summed E-state index contributed by atoms with van der Waals surface area (Å²) in [4.78, 5) is 20.7. The summed E-state index contributed by atoms with van der Waals surface area (Å²) in [5, 5.41) is 1.09. The van der Waals surface area contributed by atoms with E-state index in [2.05, 4.69) is 41.1 Å². The molecule has 0 aliphatic carbocycles. The number of ether oxygens (including phenoxy) is 1. The Hall–Kier alpha value is -2.88. The van der Waals surface area contributed by atoms with E-state index in [4.69, 9.17) is 4.74 Å². The molecule has 2 bridgehead atoms. The quantitative estimate of drug-likeness (QED) is 0.552. The Balaban J connectivity index is 1.33. The van der Waals surface area contributed by atoms with Crippen molar-refractivity contribution < 1.29 is 17.9 Å². The van der Waals surface area contributed by atoms with E-state index < -0.39 is 10.0 Å². The number of rotatable bonds is 6. The predicted octanol–water partition coefficient (Wildman–Crippen LogP) is 3.36. The van der Waals surface area contributed by atoms with Gasteiger partial charge in [0.2, 0.25) is 15.9 Å². The van der Waals surface area contributed by atoms with E-state index in [1.54, 1.807) is 17.0 Å². The number of benzene rings is 2. The van der Waals surface area contributed by atoms with Crippen molar-refractivity contribution in [1.29, 1.82) is 0 Å². The highest BCUT2D eigenvalue weighted by molar-refractivity contribution is 7.89. The number of aromatic nitrogens is 1. The van der Waals surface area contributed by atoms with Gasteiger partial charge in [0.05, 0.1) is 36.7 Å². The second-order valence-corrected chi connectivity index (χ2v) is 12.3. The number of carbonyl (C=O) groups is 1. The fourth-order valence-corrected chi connectivity index (χ4v) is 6.94. The van der Waals surface area contributed by atoms with Crippen LogP contribution in [-0.2, 0) is 19.6 Å². The van der Waals surface area contributed by atoms with Gasteiger partial charge in [-0.2, -0.15) is 4.31 Å². The van der Waals surface area contributed by atoms with Crippen LogP contribution >= 0.6 is 0 Å². The fourth-order valence-electron chi connectivity index (χ4n) is 5.79. The summed E-state index contributed by atoms with van der Waals surface area (Å²) in [6, 6.07) is 13.8. The molecule has 8 nitrogen and oxygen atoms in total. The van der Waals surface area contributed by atoms with Crippen LogP contribution in [0.5, 0.6) is 0 Å². The molecule has 3 fully saturated rings. The number of fused-ring (bicyclic) bond motifs is 3. The number of nitrogens with one attached hydrogen (secondary N) is 1.